The smallest absolute Gasteiger partial charge is 0.349 e. The first-order valence-electron chi connectivity index (χ1n) is 9.23. The number of fused-ring (bicyclic) bond motifs is 1. The highest BCUT2D eigenvalue weighted by atomic mass is 32.2. The molecule has 1 aromatic heterocycles. The van der Waals surface area contributed by atoms with Gasteiger partial charge in [0.05, 0.1) is 17.4 Å². The number of thioether (sulfide) groups is 1. The molecule has 1 aromatic carbocycles. The fourth-order valence-electron chi connectivity index (χ4n) is 3.07. The number of carbonyl (C=O) groups is 4. The Morgan fingerprint density at radius 3 is 2.90 bits per heavy atom. The molecule has 0 fully saturated rings. The third-order valence-corrected chi connectivity index (χ3v) is 5.60. The van der Waals surface area contributed by atoms with Crippen LogP contribution in [0.3, 0.4) is 0 Å². The largest absolute Gasteiger partial charge is 0.482 e. The molecule has 11 nitrogen and oxygen atoms in total. The van der Waals surface area contributed by atoms with E-state index in [1.807, 2.05) is 0 Å². The van der Waals surface area contributed by atoms with Crippen molar-refractivity contribution in [3.8, 4) is 5.75 Å². The molecule has 12 heteroatoms. The zero-order chi connectivity index (χ0) is 22.1. The summed E-state index contributed by atoms with van der Waals surface area (Å²) in [5, 5.41) is 10.7. The van der Waals surface area contributed by atoms with Crippen LogP contribution in [0, 0.1) is 5.92 Å². The summed E-state index contributed by atoms with van der Waals surface area (Å²) in [6.07, 6.45) is 0.109. The number of aliphatic imine (C=N–C) groups is 1. The highest BCUT2D eigenvalue weighted by molar-refractivity contribution is 7.99. The van der Waals surface area contributed by atoms with Crippen molar-refractivity contribution in [2.75, 3.05) is 24.7 Å². The van der Waals surface area contributed by atoms with Crippen molar-refractivity contribution in [2.45, 2.75) is 18.6 Å². The first-order valence-corrected chi connectivity index (χ1v) is 10.2. The molecule has 2 aliphatic heterocycles. The maximum atomic E-state index is 12.5. The fraction of sp³-hybridized carbons (Fsp3) is 0.316. The van der Waals surface area contributed by atoms with Crippen molar-refractivity contribution in [1.29, 1.82) is 0 Å². The van der Waals surface area contributed by atoms with Crippen LogP contribution in [0.1, 0.15) is 23.2 Å². The first-order chi connectivity index (χ1) is 14.8. The molecular weight excluding hydrogens is 426 g/mol. The maximum absolute atomic E-state index is 12.5. The minimum atomic E-state index is -0.657. The Labute approximate surface area is 180 Å². The summed E-state index contributed by atoms with van der Waals surface area (Å²) in [6.45, 7) is 1.55. The van der Waals surface area contributed by atoms with Crippen molar-refractivity contribution in [1.82, 2.24) is 15.1 Å². The van der Waals surface area contributed by atoms with Crippen molar-refractivity contribution in [3.63, 3.8) is 0 Å². The molecule has 0 spiro atoms. The molecular formula is C19H17N5O6S. The van der Waals surface area contributed by atoms with Crippen molar-refractivity contribution in [3.05, 3.63) is 29.7 Å². The minimum absolute atomic E-state index is 0.0370. The van der Waals surface area contributed by atoms with Gasteiger partial charge in [-0.05, 0) is 25.1 Å². The number of aromatic nitrogens is 2. The number of ether oxygens (including phenoxy) is 1. The number of Topliss-reactive ketones (excluding diaryl/α,β-unsaturated/α-hetero) is 1. The van der Waals surface area contributed by atoms with Gasteiger partial charge in [0, 0.05) is 24.7 Å². The molecule has 1 atom stereocenters. The second-order valence-electron chi connectivity index (χ2n) is 6.91. The SMILES string of the molecule is CC1=NC(=O)N(C)C(=O)C1Cc1nnc(SCC(=O)c2ccc3c(c2)NC(=O)CO3)o1. The molecule has 0 aliphatic carbocycles. The van der Waals surface area contributed by atoms with Crippen LogP contribution in [-0.2, 0) is 16.0 Å². The molecule has 160 valence electrons. The van der Waals surface area contributed by atoms with E-state index in [1.165, 1.54) is 7.05 Å². The lowest BCUT2D eigenvalue weighted by molar-refractivity contribution is -0.129. The van der Waals surface area contributed by atoms with Gasteiger partial charge in [0.1, 0.15) is 5.75 Å². The van der Waals surface area contributed by atoms with Gasteiger partial charge in [0.25, 0.3) is 11.1 Å². The van der Waals surface area contributed by atoms with E-state index >= 15 is 0 Å². The van der Waals surface area contributed by atoms with E-state index in [9.17, 15) is 19.2 Å². The summed E-state index contributed by atoms with van der Waals surface area (Å²) in [4.78, 5) is 52.6. The second kappa shape index (κ2) is 8.30. The second-order valence-corrected chi connectivity index (χ2v) is 7.84. The number of nitrogens with zero attached hydrogens (tertiary/aromatic N) is 4. The summed E-state index contributed by atoms with van der Waals surface area (Å²) in [7, 11) is 1.37. The normalized spacial score (nSPS) is 18.3. The molecule has 2 aliphatic rings. The van der Waals surface area contributed by atoms with Crippen molar-refractivity contribution < 1.29 is 28.3 Å². The zero-order valence-electron chi connectivity index (χ0n) is 16.6. The monoisotopic (exact) mass is 443 g/mol. The Hall–Kier alpha value is -3.54. The standard InChI is InChI=1S/C19H17N5O6S/c1-9-11(17(27)24(2)18(28)20-9)6-16-22-23-19(30-16)31-8-13(25)10-3-4-14-12(5-10)21-15(26)7-29-14/h3-5,11H,6-8H2,1-2H3,(H,21,26). The van der Waals surface area contributed by atoms with Gasteiger partial charge in [-0.15, -0.1) is 10.2 Å². The fourth-order valence-corrected chi connectivity index (χ4v) is 3.74. The number of anilines is 1. The number of nitrogens with one attached hydrogen (secondary N) is 1. The number of hydrogen-bond acceptors (Lipinski definition) is 9. The summed E-state index contributed by atoms with van der Waals surface area (Å²) in [5.41, 5.74) is 1.24. The maximum Gasteiger partial charge on any atom is 0.349 e. The Bertz CT molecular complexity index is 1130. The summed E-state index contributed by atoms with van der Waals surface area (Å²) < 4.78 is 10.8. The van der Waals surface area contributed by atoms with E-state index in [2.05, 4.69) is 20.5 Å². The Morgan fingerprint density at radius 2 is 2.10 bits per heavy atom. The van der Waals surface area contributed by atoms with Crippen LogP contribution in [0.4, 0.5) is 10.5 Å². The first kappa shape index (κ1) is 20.7. The molecule has 2 aromatic rings. The number of ketones is 1. The summed E-state index contributed by atoms with van der Waals surface area (Å²) in [5.74, 6) is -0.766. The number of hydrogen-bond donors (Lipinski definition) is 1. The molecule has 0 saturated heterocycles. The predicted octanol–water partition coefficient (Wildman–Crippen LogP) is 1.59. The van der Waals surface area contributed by atoms with Crippen LogP contribution in [-0.4, -0.2) is 63.8 Å². The van der Waals surface area contributed by atoms with Gasteiger partial charge in [0.2, 0.25) is 11.8 Å². The van der Waals surface area contributed by atoms with Gasteiger partial charge < -0.3 is 14.5 Å². The van der Waals surface area contributed by atoms with E-state index in [0.29, 0.717) is 22.7 Å². The van der Waals surface area contributed by atoms with Crippen LogP contribution < -0.4 is 10.1 Å². The van der Waals surface area contributed by atoms with E-state index in [0.717, 1.165) is 16.7 Å². The average molecular weight is 443 g/mol. The number of imide groups is 1. The van der Waals surface area contributed by atoms with Crippen molar-refractivity contribution >= 4 is 46.8 Å². The van der Waals surface area contributed by atoms with Crippen LogP contribution >= 0.6 is 11.8 Å². The number of amides is 4. The number of urea groups is 1. The van der Waals surface area contributed by atoms with Gasteiger partial charge in [-0.3, -0.25) is 19.3 Å². The van der Waals surface area contributed by atoms with Gasteiger partial charge in [-0.1, -0.05) is 11.8 Å². The summed E-state index contributed by atoms with van der Waals surface area (Å²) in [6, 6.07) is 4.20. The molecule has 31 heavy (non-hydrogen) atoms. The number of carbonyl (C=O) groups excluding carboxylic acids is 4. The molecule has 0 radical (unpaired) electrons. The van der Waals surface area contributed by atoms with E-state index in [-0.39, 0.29) is 47.5 Å². The van der Waals surface area contributed by atoms with Gasteiger partial charge in [0.15, 0.2) is 12.4 Å². The lowest BCUT2D eigenvalue weighted by Gasteiger charge is -2.24. The van der Waals surface area contributed by atoms with Crippen molar-refractivity contribution in [2.24, 2.45) is 10.9 Å². The van der Waals surface area contributed by atoms with E-state index in [4.69, 9.17) is 9.15 Å². The molecule has 4 amide bonds. The van der Waals surface area contributed by atoms with Gasteiger partial charge >= 0.3 is 6.03 Å². The molecule has 4 rings (SSSR count). The highest BCUT2D eigenvalue weighted by Crippen LogP contribution is 2.29. The van der Waals surface area contributed by atoms with Crippen LogP contribution in [0.25, 0.3) is 0 Å². The predicted molar refractivity (Wildman–Crippen MR) is 108 cm³/mol. The highest BCUT2D eigenvalue weighted by Gasteiger charge is 2.34. The Kier molecular flexibility index (Phi) is 5.55. The molecule has 0 bridgehead atoms. The molecule has 0 saturated carbocycles. The third-order valence-electron chi connectivity index (χ3n) is 4.78. The minimum Gasteiger partial charge on any atom is -0.482 e. The quantitative estimate of drug-likeness (QED) is 0.520. The summed E-state index contributed by atoms with van der Waals surface area (Å²) >= 11 is 1.06. The van der Waals surface area contributed by atoms with Crippen LogP contribution in [0.2, 0.25) is 0 Å². The van der Waals surface area contributed by atoms with Gasteiger partial charge in [-0.2, -0.15) is 0 Å². The number of rotatable bonds is 6. The van der Waals surface area contributed by atoms with Gasteiger partial charge in [-0.25, -0.2) is 9.79 Å². The lowest BCUT2D eigenvalue weighted by atomic mass is 9.97. The van der Waals surface area contributed by atoms with Crippen LogP contribution in [0.15, 0.2) is 32.8 Å². The molecule has 1 N–H and O–H groups in total. The van der Waals surface area contributed by atoms with E-state index < -0.39 is 11.9 Å². The molecule has 1 unspecified atom stereocenters. The van der Waals surface area contributed by atoms with Crippen LogP contribution in [0.5, 0.6) is 5.75 Å². The third kappa shape index (κ3) is 4.33. The van der Waals surface area contributed by atoms with E-state index in [1.54, 1.807) is 25.1 Å². The zero-order valence-corrected chi connectivity index (χ0v) is 17.4. The molecule has 3 heterocycles. The number of benzene rings is 1. The average Bonchev–Trinajstić information content (AvgIpc) is 3.20. The lowest BCUT2D eigenvalue weighted by Crippen LogP contribution is -2.44. The Balaban J connectivity index is 1.37. The topological polar surface area (TPSA) is 144 Å². The Morgan fingerprint density at radius 1 is 1.29 bits per heavy atom.